The summed E-state index contributed by atoms with van der Waals surface area (Å²) in [6, 6.07) is 11.7. The van der Waals surface area contributed by atoms with Crippen LogP contribution in [0.15, 0.2) is 50.4 Å². The van der Waals surface area contributed by atoms with Gasteiger partial charge in [-0.15, -0.1) is 11.3 Å². The zero-order valence-electron chi connectivity index (χ0n) is 13.2. The van der Waals surface area contributed by atoms with Crippen molar-refractivity contribution in [3.63, 3.8) is 0 Å². The van der Waals surface area contributed by atoms with Crippen molar-refractivity contribution in [3.05, 3.63) is 52.3 Å². The SMILES string of the molecule is Cc1c(Sc2nc3ccccc3s2)c(=O)[nH]c2cc3c(cc12)OCO3. The van der Waals surface area contributed by atoms with Gasteiger partial charge in [-0.05, 0) is 30.7 Å². The number of aryl methyl sites for hydroxylation is 1. The molecule has 1 aliphatic rings. The number of thiazole rings is 1. The molecule has 0 unspecified atom stereocenters. The van der Waals surface area contributed by atoms with Crippen LogP contribution in [0.4, 0.5) is 0 Å². The first kappa shape index (κ1) is 14.8. The van der Waals surface area contributed by atoms with E-state index < -0.39 is 0 Å². The molecule has 5 rings (SSSR count). The Morgan fingerprint density at radius 2 is 2.00 bits per heavy atom. The van der Waals surface area contributed by atoms with Crippen molar-refractivity contribution in [1.29, 1.82) is 0 Å². The maximum atomic E-state index is 12.6. The van der Waals surface area contributed by atoms with Gasteiger partial charge in [0, 0.05) is 11.5 Å². The van der Waals surface area contributed by atoms with Crippen LogP contribution < -0.4 is 15.0 Å². The molecular weight excluding hydrogens is 356 g/mol. The van der Waals surface area contributed by atoms with Gasteiger partial charge in [-0.25, -0.2) is 4.98 Å². The van der Waals surface area contributed by atoms with Crippen LogP contribution in [0.25, 0.3) is 21.1 Å². The summed E-state index contributed by atoms with van der Waals surface area (Å²) in [5.74, 6) is 1.37. The van der Waals surface area contributed by atoms with Crippen molar-refractivity contribution >= 4 is 44.2 Å². The second-order valence-corrected chi connectivity index (χ2v) is 8.00. The van der Waals surface area contributed by atoms with Crippen molar-refractivity contribution in [2.45, 2.75) is 16.2 Å². The molecule has 1 aliphatic heterocycles. The molecule has 0 radical (unpaired) electrons. The predicted molar refractivity (Wildman–Crippen MR) is 99.2 cm³/mol. The van der Waals surface area contributed by atoms with E-state index in [0.717, 1.165) is 31.0 Å². The lowest BCUT2D eigenvalue weighted by Gasteiger charge is -2.08. The van der Waals surface area contributed by atoms with Crippen LogP contribution in [0, 0.1) is 6.92 Å². The predicted octanol–water partition coefficient (Wildman–Crippen LogP) is 4.33. The van der Waals surface area contributed by atoms with Crippen LogP contribution >= 0.6 is 23.1 Å². The Balaban J connectivity index is 1.65. The number of ether oxygens (including phenoxy) is 2. The first-order chi connectivity index (χ1) is 12.2. The van der Waals surface area contributed by atoms with Crippen molar-refractivity contribution in [2.24, 2.45) is 0 Å². The van der Waals surface area contributed by atoms with Crippen LogP contribution in [-0.4, -0.2) is 16.8 Å². The molecule has 1 N–H and O–H groups in total. The average molecular weight is 368 g/mol. The van der Waals surface area contributed by atoms with E-state index >= 15 is 0 Å². The van der Waals surface area contributed by atoms with Gasteiger partial charge in [0.2, 0.25) is 6.79 Å². The summed E-state index contributed by atoms with van der Waals surface area (Å²) in [6.07, 6.45) is 0. The Hall–Kier alpha value is -2.51. The molecule has 0 atom stereocenters. The van der Waals surface area contributed by atoms with Gasteiger partial charge in [0.25, 0.3) is 5.56 Å². The third-order valence-electron chi connectivity index (χ3n) is 4.18. The number of pyridine rings is 1. The fraction of sp³-hybridized carbons (Fsp3) is 0.111. The largest absolute Gasteiger partial charge is 0.454 e. The number of para-hydroxylation sites is 1. The molecule has 124 valence electrons. The van der Waals surface area contributed by atoms with Crippen molar-refractivity contribution in [1.82, 2.24) is 9.97 Å². The number of nitrogens with one attached hydrogen (secondary N) is 1. The summed E-state index contributed by atoms with van der Waals surface area (Å²) in [4.78, 5) is 20.8. The highest BCUT2D eigenvalue weighted by Crippen LogP contribution is 2.39. The van der Waals surface area contributed by atoms with E-state index in [4.69, 9.17) is 9.47 Å². The van der Waals surface area contributed by atoms with Gasteiger partial charge in [0.15, 0.2) is 15.8 Å². The number of aromatic amines is 1. The fourth-order valence-electron chi connectivity index (χ4n) is 2.93. The standard InChI is InChI=1S/C18H12N2O3S2/c1-9-10-6-13-14(23-8-22-13)7-12(10)19-17(21)16(9)25-18-20-11-4-2-3-5-15(11)24-18/h2-7H,8H2,1H3,(H,19,21). The lowest BCUT2D eigenvalue weighted by Crippen LogP contribution is -2.10. The highest BCUT2D eigenvalue weighted by atomic mass is 32.2. The number of rotatable bonds is 2. The quantitative estimate of drug-likeness (QED) is 0.571. The van der Waals surface area contributed by atoms with Gasteiger partial charge in [-0.2, -0.15) is 0 Å². The van der Waals surface area contributed by atoms with Crippen LogP contribution in [-0.2, 0) is 0 Å². The number of benzene rings is 2. The summed E-state index contributed by atoms with van der Waals surface area (Å²) in [5.41, 5.74) is 2.50. The molecule has 0 spiro atoms. The molecule has 2 aromatic heterocycles. The van der Waals surface area contributed by atoms with Crippen LogP contribution in [0.1, 0.15) is 5.56 Å². The lowest BCUT2D eigenvalue weighted by molar-refractivity contribution is 0.174. The Morgan fingerprint density at radius 1 is 1.20 bits per heavy atom. The zero-order chi connectivity index (χ0) is 17.0. The van der Waals surface area contributed by atoms with E-state index in [1.807, 2.05) is 43.3 Å². The average Bonchev–Trinajstić information content (AvgIpc) is 3.22. The van der Waals surface area contributed by atoms with E-state index in [2.05, 4.69) is 9.97 Å². The topological polar surface area (TPSA) is 64.2 Å². The van der Waals surface area contributed by atoms with E-state index in [-0.39, 0.29) is 12.4 Å². The molecule has 0 bridgehead atoms. The molecule has 0 amide bonds. The maximum absolute atomic E-state index is 12.6. The molecule has 4 aromatic rings. The van der Waals surface area contributed by atoms with Gasteiger partial charge in [-0.3, -0.25) is 4.79 Å². The summed E-state index contributed by atoms with van der Waals surface area (Å²) in [5, 5.41) is 0.951. The molecule has 0 saturated heterocycles. The summed E-state index contributed by atoms with van der Waals surface area (Å²) >= 11 is 3.00. The molecule has 7 heteroatoms. The minimum Gasteiger partial charge on any atom is -0.454 e. The number of aromatic nitrogens is 2. The summed E-state index contributed by atoms with van der Waals surface area (Å²) in [7, 11) is 0. The van der Waals surface area contributed by atoms with Crippen LogP contribution in [0.5, 0.6) is 11.5 Å². The molecule has 0 saturated carbocycles. The number of H-pyrrole nitrogens is 1. The van der Waals surface area contributed by atoms with Gasteiger partial charge in [0.05, 0.1) is 20.6 Å². The minimum atomic E-state index is -0.117. The third-order valence-corrected chi connectivity index (χ3v) is 6.47. The van der Waals surface area contributed by atoms with Crippen molar-refractivity contribution < 1.29 is 9.47 Å². The first-order valence-corrected chi connectivity index (χ1v) is 9.32. The van der Waals surface area contributed by atoms with E-state index in [1.54, 1.807) is 11.3 Å². The van der Waals surface area contributed by atoms with Crippen molar-refractivity contribution in [2.75, 3.05) is 6.79 Å². The van der Waals surface area contributed by atoms with Crippen molar-refractivity contribution in [3.8, 4) is 11.5 Å². The third kappa shape index (κ3) is 2.39. The molecule has 3 heterocycles. The molecule has 0 aliphatic carbocycles. The van der Waals surface area contributed by atoms with Gasteiger partial charge >= 0.3 is 0 Å². The van der Waals surface area contributed by atoms with Gasteiger partial charge < -0.3 is 14.5 Å². The Labute approximate surface area is 150 Å². The van der Waals surface area contributed by atoms with E-state index in [0.29, 0.717) is 16.4 Å². The smallest absolute Gasteiger partial charge is 0.262 e. The number of nitrogens with zero attached hydrogens (tertiary/aromatic N) is 1. The molecule has 2 aromatic carbocycles. The highest BCUT2D eigenvalue weighted by Gasteiger charge is 2.19. The Morgan fingerprint density at radius 3 is 2.84 bits per heavy atom. The number of fused-ring (bicyclic) bond motifs is 3. The molecule has 0 fully saturated rings. The van der Waals surface area contributed by atoms with Crippen LogP contribution in [0.2, 0.25) is 0 Å². The summed E-state index contributed by atoms with van der Waals surface area (Å²) < 4.78 is 12.8. The normalized spacial score (nSPS) is 13.0. The van der Waals surface area contributed by atoms with Gasteiger partial charge in [-0.1, -0.05) is 23.9 Å². The number of hydrogen-bond donors (Lipinski definition) is 1. The molecule has 5 nitrogen and oxygen atoms in total. The zero-order valence-corrected chi connectivity index (χ0v) is 14.8. The highest BCUT2D eigenvalue weighted by molar-refractivity contribution is 8.01. The van der Waals surface area contributed by atoms with E-state index in [1.165, 1.54) is 11.8 Å². The van der Waals surface area contributed by atoms with Gasteiger partial charge in [0.1, 0.15) is 0 Å². The minimum absolute atomic E-state index is 0.117. The fourth-order valence-corrected chi connectivity index (χ4v) is 5.04. The second-order valence-electron chi connectivity index (χ2n) is 5.71. The van der Waals surface area contributed by atoms with Crippen LogP contribution in [0.3, 0.4) is 0 Å². The maximum Gasteiger partial charge on any atom is 0.262 e. The second kappa shape index (κ2) is 5.50. The monoisotopic (exact) mass is 368 g/mol. The molecular formula is C18H12N2O3S2. The lowest BCUT2D eigenvalue weighted by atomic mass is 10.1. The first-order valence-electron chi connectivity index (χ1n) is 7.69. The molecule has 25 heavy (non-hydrogen) atoms. The number of hydrogen-bond acceptors (Lipinski definition) is 6. The summed E-state index contributed by atoms with van der Waals surface area (Å²) in [6.45, 7) is 2.16. The Bertz CT molecular complexity index is 1160. The Kier molecular flexibility index (Phi) is 3.26. The van der Waals surface area contributed by atoms with E-state index in [9.17, 15) is 4.79 Å².